The zero-order valence-electron chi connectivity index (χ0n) is 17.7. The maximum absolute atomic E-state index is 5.87. The van der Waals surface area contributed by atoms with E-state index in [1.807, 2.05) is 31.2 Å². The van der Waals surface area contributed by atoms with Crippen molar-refractivity contribution >= 4 is 41.5 Å². The van der Waals surface area contributed by atoms with E-state index in [9.17, 15) is 0 Å². The summed E-state index contributed by atoms with van der Waals surface area (Å²) in [4.78, 5) is 4.62. The van der Waals surface area contributed by atoms with Gasteiger partial charge in [-0.05, 0) is 48.9 Å². The first-order valence-corrected chi connectivity index (χ1v) is 9.68. The molecular formula is C21H29ClIN3O4. The molecule has 0 saturated heterocycles. The Morgan fingerprint density at radius 3 is 2.13 bits per heavy atom. The van der Waals surface area contributed by atoms with Crippen LogP contribution in [-0.4, -0.2) is 47.0 Å². The first-order chi connectivity index (χ1) is 14.1. The van der Waals surface area contributed by atoms with E-state index in [0.29, 0.717) is 47.9 Å². The van der Waals surface area contributed by atoms with E-state index in [1.165, 1.54) is 0 Å². The number of aliphatic imine (C=N–C) groups is 1. The summed E-state index contributed by atoms with van der Waals surface area (Å²) >= 11 is 5.87. The Hall–Kier alpha value is -2.07. The second kappa shape index (κ2) is 14.0. The molecule has 7 nitrogen and oxygen atoms in total. The number of halogens is 2. The highest BCUT2D eigenvalue weighted by Gasteiger charge is 2.13. The third kappa shape index (κ3) is 7.98. The lowest BCUT2D eigenvalue weighted by Crippen LogP contribution is -2.39. The van der Waals surface area contributed by atoms with Crippen LogP contribution in [0.3, 0.4) is 0 Å². The van der Waals surface area contributed by atoms with Crippen LogP contribution < -0.4 is 29.6 Å². The van der Waals surface area contributed by atoms with Crippen molar-refractivity contribution in [1.29, 1.82) is 0 Å². The van der Waals surface area contributed by atoms with E-state index in [2.05, 4.69) is 15.6 Å². The molecule has 2 aromatic rings. The first-order valence-electron chi connectivity index (χ1n) is 9.30. The predicted molar refractivity (Wildman–Crippen MR) is 131 cm³/mol. The number of benzene rings is 2. The number of ether oxygens (including phenoxy) is 4. The van der Waals surface area contributed by atoms with Gasteiger partial charge in [0, 0.05) is 11.6 Å². The summed E-state index contributed by atoms with van der Waals surface area (Å²) < 4.78 is 21.8. The summed E-state index contributed by atoms with van der Waals surface area (Å²) in [5.74, 6) is 3.24. The van der Waals surface area contributed by atoms with Crippen molar-refractivity contribution in [3.8, 4) is 23.0 Å². The van der Waals surface area contributed by atoms with E-state index in [0.717, 1.165) is 17.9 Å². The van der Waals surface area contributed by atoms with Gasteiger partial charge in [0.25, 0.3) is 0 Å². The summed E-state index contributed by atoms with van der Waals surface area (Å²) in [5.41, 5.74) is 0.939. The molecule has 30 heavy (non-hydrogen) atoms. The molecule has 2 N–H and O–H groups in total. The van der Waals surface area contributed by atoms with Crippen molar-refractivity contribution in [3.63, 3.8) is 0 Å². The van der Waals surface area contributed by atoms with Gasteiger partial charge in [-0.2, -0.15) is 0 Å². The van der Waals surface area contributed by atoms with Crippen LogP contribution in [0.5, 0.6) is 23.0 Å². The molecule has 0 aliphatic rings. The molecule has 0 fully saturated rings. The molecular weight excluding hydrogens is 521 g/mol. The molecule has 2 aromatic carbocycles. The molecule has 0 aliphatic carbocycles. The fourth-order valence-electron chi connectivity index (χ4n) is 2.61. The fourth-order valence-corrected chi connectivity index (χ4v) is 2.73. The van der Waals surface area contributed by atoms with E-state index in [-0.39, 0.29) is 24.0 Å². The maximum atomic E-state index is 5.87. The fraction of sp³-hybridized carbons (Fsp3) is 0.381. The number of rotatable bonds is 10. The Morgan fingerprint density at radius 2 is 1.60 bits per heavy atom. The van der Waals surface area contributed by atoms with E-state index in [4.69, 9.17) is 30.5 Å². The molecule has 0 amide bonds. The molecule has 0 unspecified atom stereocenters. The molecule has 0 atom stereocenters. The summed E-state index contributed by atoms with van der Waals surface area (Å²) in [6.45, 7) is 4.31. The van der Waals surface area contributed by atoms with Gasteiger partial charge in [-0.25, -0.2) is 4.99 Å². The number of hydrogen-bond donors (Lipinski definition) is 2. The zero-order chi connectivity index (χ0) is 21.1. The van der Waals surface area contributed by atoms with E-state index < -0.39 is 0 Å². The normalized spacial score (nSPS) is 10.6. The van der Waals surface area contributed by atoms with Gasteiger partial charge in [0.05, 0.1) is 34.4 Å². The molecule has 166 valence electrons. The Kier molecular flexibility index (Phi) is 12.1. The average molecular weight is 550 g/mol. The second-order valence-electron chi connectivity index (χ2n) is 5.96. The van der Waals surface area contributed by atoms with Crippen molar-refractivity contribution in [1.82, 2.24) is 10.6 Å². The lowest BCUT2D eigenvalue weighted by Gasteiger charge is -2.14. The van der Waals surface area contributed by atoms with Crippen LogP contribution in [0.4, 0.5) is 0 Å². The second-order valence-corrected chi connectivity index (χ2v) is 6.39. The molecule has 0 heterocycles. The summed E-state index contributed by atoms with van der Waals surface area (Å²) in [6, 6.07) is 11.1. The van der Waals surface area contributed by atoms with Crippen molar-refractivity contribution in [2.24, 2.45) is 4.99 Å². The Balaban J connectivity index is 0.00000450. The lowest BCUT2D eigenvalue weighted by atomic mass is 10.2. The van der Waals surface area contributed by atoms with Crippen LogP contribution in [0.2, 0.25) is 5.02 Å². The van der Waals surface area contributed by atoms with Gasteiger partial charge in [-0.3, -0.25) is 0 Å². The van der Waals surface area contributed by atoms with E-state index in [1.54, 1.807) is 33.5 Å². The molecule has 0 aromatic heterocycles. The third-order valence-electron chi connectivity index (χ3n) is 3.97. The molecule has 0 radical (unpaired) electrons. The highest BCUT2D eigenvalue weighted by Crippen LogP contribution is 2.38. The van der Waals surface area contributed by atoms with Gasteiger partial charge in [-0.15, -0.1) is 24.0 Å². The van der Waals surface area contributed by atoms with Crippen molar-refractivity contribution in [2.45, 2.75) is 13.5 Å². The number of nitrogens with one attached hydrogen (secondary N) is 2. The van der Waals surface area contributed by atoms with Gasteiger partial charge in [0.15, 0.2) is 17.5 Å². The highest BCUT2D eigenvalue weighted by atomic mass is 127. The van der Waals surface area contributed by atoms with Gasteiger partial charge in [-0.1, -0.05) is 11.6 Å². The Morgan fingerprint density at radius 1 is 0.967 bits per heavy atom. The Bertz CT molecular complexity index is 778. The predicted octanol–water partition coefficient (Wildman–Crippen LogP) is 4.12. The molecule has 0 bridgehead atoms. The minimum absolute atomic E-state index is 0. The summed E-state index contributed by atoms with van der Waals surface area (Å²) in [6.07, 6.45) is 0. The quantitative estimate of drug-likeness (QED) is 0.201. The Labute approximate surface area is 200 Å². The number of hydrogen-bond acceptors (Lipinski definition) is 5. The molecule has 2 rings (SSSR count). The van der Waals surface area contributed by atoms with Crippen LogP contribution in [0.1, 0.15) is 12.5 Å². The molecule has 0 aliphatic heterocycles. The topological polar surface area (TPSA) is 73.3 Å². The molecule has 0 spiro atoms. The molecule has 9 heteroatoms. The molecule has 0 saturated carbocycles. The van der Waals surface area contributed by atoms with Gasteiger partial charge < -0.3 is 29.6 Å². The van der Waals surface area contributed by atoms with Crippen LogP contribution in [-0.2, 0) is 6.54 Å². The van der Waals surface area contributed by atoms with Gasteiger partial charge in [0.1, 0.15) is 12.4 Å². The summed E-state index contributed by atoms with van der Waals surface area (Å²) in [7, 11) is 4.77. The maximum Gasteiger partial charge on any atom is 0.203 e. The largest absolute Gasteiger partial charge is 0.493 e. The van der Waals surface area contributed by atoms with Crippen LogP contribution in [0.15, 0.2) is 41.4 Å². The van der Waals surface area contributed by atoms with Crippen LogP contribution in [0, 0.1) is 0 Å². The number of nitrogens with zero attached hydrogens (tertiary/aromatic N) is 1. The summed E-state index contributed by atoms with van der Waals surface area (Å²) in [5, 5.41) is 7.15. The first kappa shape index (κ1) is 26.0. The van der Waals surface area contributed by atoms with Crippen molar-refractivity contribution in [2.75, 3.05) is 41.0 Å². The van der Waals surface area contributed by atoms with Crippen molar-refractivity contribution in [3.05, 3.63) is 47.0 Å². The van der Waals surface area contributed by atoms with Gasteiger partial charge >= 0.3 is 0 Å². The minimum Gasteiger partial charge on any atom is -0.493 e. The smallest absolute Gasteiger partial charge is 0.203 e. The van der Waals surface area contributed by atoms with Crippen LogP contribution >= 0.6 is 35.6 Å². The number of guanidine groups is 1. The number of methoxy groups -OCH3 is 3. The minimum atomic E-state index is 0. The third-order valence-corrected chi connectivity index (χ3v) is 4.22. The van der Waals surface area contributed by atoms with Gasteiger partial charge in [0.2, 0.25) is 5.75 Å². The van der Waals surface area contributed by atoms with E-state index >= 15 is 0 Å². The average Bonchev–Trinajstić information content (AvgIpc) is 2.75. The van der Waals surface area contributed by atoms with Crippen LogP contribution in [0.25, 0.3) is 0 Å². The van der Waals surface area contributed by atoms with Crippen molar-refractivity contribution < 1.29 is 18.9 Å². The monoisotopic (exact) mass is 549 g/mol. The SMILES string of the molecule is CCNC(=NCc1cc(OC)c(OC)c(OC)c1)NCCOc1ccc(Cl)cc1.I. The zero-order valence-corrected chi connectivity index (χ0v) is 20.7. The standard InChI is InChI=1S/C21H28ClN3O4.HI/c1-5-23-21(24-10-11-29-17-8-6-16(22)7-9-17)25-14-15-12-18(26-2)20(28-4)19(13-15)27-3;/h6-9,12-13H,5,10-11,14H2,1-4H3,(H2,23,24,25);1H. The lowest BCUT2D eigenvalue weighted by molar-refractivity contribution is 0.322. The highest BCUT2D eigenvalue weighted by molar-refractivity contribution is 14.0.